The van der Waals surface area contributed by atoms with Crippen molar-refractivity contribution >= 4 is 22.6 Å². The molecule has 1 aliphatic carbocycles. The molecule has 1 amide bonds. The second kappa shape index (κ2) is 7.21. The maximum Gasteiger partial charge on any atom is 0.225 e. The average molecular weight is 370 g/mol. The van der Waals surface area contributed by atoms with Gasteiger partial charge in [-0.15, -0.1) is 0 Å². The Bertz CT molecular complexity index is 852. The first-order chi connectivity index (χ1) is 13.1. The number of hydrogen-bond donors (Lipinski definition) is 0. The van der Waals surface area contributed by atoms with Gasteiger partial charge in [-0.3, -0.25) is 4.79 Å². The average Bonchev–Trinajstić information content (AvgIpc) is 3.56. The van der Waals surface area contributed by atoms with Gasteiger partial charge in [0.15, 0.2) is 11.5 Å². The van der Waals surface area contributed by atoms with Crippen LogP contribution in [0.25, 0.3) is 10.9 Å². The van der Waals surface area contributed by atoms with E-state index in [1.807, 2.05) is 24.1 Å². The summed E-state index contributed by atoms with van der Waals surface area (Å²) in [5.74, 6) is 2.75. The largest absolute Gasteiger partial charge is 0.493 e. The lowest BCUT2D eigenvalue weighted by Crippen LogP contribution is -2.49. The van der Waals surface area contributed by atoms with Crippen LogP contribution in [0.3, 0.4) is 0 Å². The third kappa shape index (κ3) is 3.38. The number of likely N-dealkylation sites (N-methyl/N-ethyl adjacent to an activating group) is 1. The number of nitrogens with zero attached hydrogens (tertiary/aromatic N) is 4. The van der Waals surface area contributed by atoms with Crippen LogP contribution in [0, 0.1) is 5.92 Å². The molecule has 0 radical (unpaired) electrons. The number of anilines is 1. The lowest BCUT2D eigenvalue weighted by atomic mass is 10.0. The summed E-state index contributed by atoms with van der Waals surface area (Å²) in [4.78, 5) is 25.6. The van der Waals surface area contributed by atoms with E-state index in [0.717, 1.165) is 55.5 Å². The van der Waals surface area contributed by atoms with Gasteiger partial charge in [0.05, 0.1) is 19.7 Å². The summed E-state index contributed by atoms with van der Waals surface area (Å²) in [7, 11) is 5.19. The van der Waals surface area contributed by atoms with Crippen molar-refractivity contribution in [2.75, 3.05) is 39.3 Å². The van der Waals surface area contributed by atoms with Crippen LogP contribution in [-0.4, -0.2) is 61.2 Å². The van der Waals surface area contributed by atoms with Gasteiger partial charge in [-0.1, -0.05) is 0 Å². The van der Waals surface area contributed by atoms with E-state index < -0.39 is 0 Å². The first kappa shape index (κ1) is 17.8. The second-order valence-electron chi connectivity index (χ2n) is 7.39. The molecular weight excluding hydrogens is 344 g/mol. The molecular formula is C20H26N4O3. The molecule has 1 saturated heterocycles. The van der Waals surface area contributed by atoms with Crippen molar-refractivity contribution < 1.29 is 14.3 Å². The summed E-state index contributed by atoms with van der Waals surface area (Å²) >= 11 is 0. The van der Waals surface area contributed by atoms with Gasteiger partial charge in [0.1, 0.15) is 12.1 Å². The van der Waals surface area contributed by atoms with E-state index in [4.69, 9.17) is 9.47 Å². The fourth-order valence-corrected chi connectivity index (χ4v) is 3.88. The standard InChI is InChI=1S/C20H26N4O3/c1-23(20(25)13-6-7-13)14-5-4-8-24(11-14)19-15-9-17(26-2)18(27-3)10-16(15)21-12-22-19/h9-10,12-14H,4-8,11H2,1-3H3. The van der Waals surface area contributed by atoms with Crippen molar-refractivity contribution in [3.8, 4) is 11.5 Å². The van der Waals surface area contributed by atoms with Crippen LogP contribution in [0.15, 0.2) is 18.5 Å². The van der Waals surface area contributed by atoms with Gasteiger partial charge in [0.25, 0.3) is 0 Å². The summed E-state index contributed by atoms with van der Waals surface area (Å²) < 4.78 is 10.8. The van der Waals surface area contributed by atoms with Crippen molar-refractivity contribution in [3.05, 3.63) is 18.5 Å². The Morgan fingerprint density at radius 1 is 1.15 bits per heavy atom. The van der Waals surface area contributed by atoms with Crippen LogP contribution in [0.2, 0.25) is 0 Å². The minimum absolute atomic E-state index is 0.219. The topological polar surface area (TPSA) is 67.8 Å². The zero-order valence-corrected chi connectivity index (χ0v) is 16.1. The van der Waals surface area contributed by atoms with Gasteiger partial charge >= 0.3 is 0 Å². The van der Waals surface area contributed by atoms with E-state index in [1.165, 1.54) is 0 Å². The maximum absolute atomic E-state index is 12.5. The van der Waals surface area contributed by atoms with Crippen LogP contribution in [0.5, 0.6) is 11.5 Å². The number of rotatable bonds is 5. The number of amides is 1. The molecule has 0 spiro atoms. The Morgan fingerprint density at radius 2 is 1.89 bits per heavy atom. The third-order valence-electron chi connectivity index (χ3n) is 5.64. The number of fused-ring (bicyclic) bond motifs is 1. The number of carbonyl (C=O) groups excluding carboxylic acids is 1. The molecule has 1 atom stereocenters. The molecule has 1 aromatic heterocycles. The van der Waals surface area contributed by atoms with Crippen LogP contribution < -0.4 is 14.4 Å². The molecule has 2 aliphatic rings. The van der Waals surface area contributed by atoms with Gasteiger partial charge in [-0.2, -0.15) is 0 Å². The Labute approximate surface area is 159 Å². The fourth-order valence-electron chi connectivity index (χ4n) is 3.88. The van der Waals surface area contributed by atoms with Crippen molar-refractivity contribution in [2.24, 2.45) is 5.92 Å². The van der Waals surface area contributed by atoms with Crippen LogP contribution >= 0.6 is 0 Å². The highest BCUT2D eigenvalue weighted by Gasteiger charge is 2.36. The molecule has 7 heteroatoms. The van der Waals surface area contributed by atoms with Crippen molar-refractivity contribution in [3.63, 3.8) is 0 Å². The van der Waals surface area contributed by atoms with Crippen molar-refractivity contribution in [1.29, 1.82) is 0 Å². The van der Waals surface area contributed by atoms with E-state index in [9.17, 15) is 4.79 Å². The van der Waals surface area contributed by atoms with E-state index >= 15 is 0 Å². The number of benzene rings is 1. The SMILES string of the molecule is COc1cc2ncnc(N3CCCC(N(C)C(=O)C4CC4)C3)c2cc1OC. The Kier molecular flexibility index (Phi) is 4.76. The maximum atomic E-state index is 12.5. The number of aromatic nitrogens is 2. The van der Waals surface area contributed by atoms with Gasteiger partial charge in [0, 0.05) is 43.5 Å². The molecule has 2 heterocycles. The first-order valence-corrected chi connectivity index (χ1v) is 9.50. The van der Waals surface area contributed by atoms with E-state index in [-0.39, 0.29) is 12.0 Å². The zero-order chi connectivity index (χ0) is 19.0. The summed E-state index contributed by atoms with van der Waals surface area (Å²) in [6.07, 6.45) is 5.74. The van der Waals surface area contributed by atoms with Crippen LogP contribution in [-0.2, 0) is 4.79 Å². The van der Waals surface area contributed by atoms with Gasteiger partial charge in [0.2, 0.25) is 5.91 Å². The number of hydrogen-bond acceptors (Lipinski definition) is 6. The molecule has 1 saturated carbocycles. The molecule has 1 aromatic carbocycles. The molecule has 144 valence electrons. The molecule has 0 N–H and O–H groups in total. The van der Waals surface area contributed by atoms with E-state index in [1.54, 1.807) is 20.5 Å². The number of piperidine rings is 1. The predicted molar refractivity (Wildman–Crippen MR) is 103 cm³/mol. The molecule has 0 bridgehead atoms. The zero-order valence-electron chi connectivity index (χ0n) is 16.1. The number of methoxy groups -OCH3 is 2. The van der Waals surface area contributed by atoms with Crippen molar-refractivity contribution in [1.82, 2.24) is 14.9 Å². The predicted octanol–water partition coefficient (Wildman–Crippen LogP) is 2.48. The summed E-state index contributed by atoms with van der Waals surface area (Å²) in [5, 5.41) is 0.937. The molecule has 1 aliphatic heterocycles. The molecule has 2 aromatic rings. The third-order valence-corrected chi connectivity index (χ3v) is 5.64. The summed E-state index contributed by atoms with van der Waals surface area (Å²) in [6, 6.07) is 4.03. The highest BCUT2D eigenvalue weighted by molar-refractivity contribution is 5.92. The smallest absolute Gasteiger partial charge is 0.225 e. The van der Waals surface area contributed by atoms with Crippen LogP contribution in [0.4, 0.5) is 5.82 Å². The lowest BCUT2D eigenvalue weighted by Gasteiger charge is -2.38. The van der Waals surface area contributed by atoms with Gasteiger partial charge in [-0.25, -0.2) is 9.97 Å². The fraction of sp³-hybridized carbons (Fsp3) is 0.550. The summed E-state index contributed by atoms with van der Waals surface area (Å²) in [6.45, 7) is 1.71. The molecule has 27 heavy (non-hydrogen) atoms. The normalized spacial score (nSPS) is 19.8. The van der Waals surface area contributed by atoms with Gasteiger partial charge in [-0.05, 0) is 31.7 Å². The second-order valence-corrected chi connectivity index (χ2v) is 7.39. The van der Waals surface area contributed by atoms with Crippen molar-refractivity contribution in [2.45, 2.75) is 31.7 Å². The highest BCUT2D eigenvalue weighted by Crippen LogP contribution is 2.36. The quantitative estimate of drug-likeness (QED) is 0.806. The minimum Gasteiger partial charge on any atom is -0.493 e. The molecule has 7 nitrogen and oxygen atoms in total. The monoisotopic (exact) mass is 370 g/mol. The number of ether oxygens (including phenoxy) is 2. The van der Waals surface area contributed by atoms with Crippen LogP contribution in [0.1, 0.15) is 25.7 Å². The lowest BCUT2D eigenvalue weighted by molar-refractivity contribution is -0.133. The molecule has 1 unspecified atom stereocenters. The number of carbonyl (C=O) groups is 1. The Balaban J connectivity index is 1.63. The Morgan fingerprint density at radius 3 is 2.59 bits per heavy atom. The molecule has 4 rings (SSSR count). The molecule has 2 fully saturated rings. The highest BCUT2D eigenvalue weighted by atomic mass is 16.5. The van der Waals surface area contributed by atoms with E-state index in [2.05, 4.69) is 14.9 Å². The van der Waals surface area contributed by atoms with Gasteiger partial charge < -0.3 is 19.3 Å². The minimum atomic E-state index is 0.219. The Hall–Kier alpha value is -2.57. The summed E-state index contributed by atoms with van der Waals surface area (Å²) in [5.41, 5.74) is 0.821. The van der Waals surface area contributed by atoms with E-state index in [0.29, 0.717) is 17.4 Å². The first-order valence-electron chi connectivity index (χ1n) is 9.50.